The van der Waals surface area contributed by atoms with Gasteiger partial charge in [-0.1, -0.05) is 12.1 Å². The van der Waals surface area contributed by atoms with Gasteiger partial charge < -0.3 is 24.8 Å². The highest BCUT2D eigenvalue weighted by Crippen LogP contribution is 2.39. The van der Waals surface area contributed by atoms with E-state index in [9.17, 15) is 12.8 Å². The molecule has 12 nitrogen and oxygen atoms in total. The van der Waals surface area contributed by atoms with Gasteiger partial charge in [0.2, 0.25) is 16.0 Å². The van der Waals surface area contributed by atoms with Crippen LogP contribution in [-0.4, -0.2) is 87.4 Å². The molecule has 2 aromatic heterocycles. The Morgan fingerprint density at radius 3 is 2.58 bits per heavy atom. The third-order valence-electron chi connectivity index (χ3n) is 6.65. The first kappa shape index (κ1) is 30.3. The van der Waals surface area contributed by atoms with E-state index in [0.717, 1.165) is 0 Å². The maximum absolute atomic E-state index is 15.9. The molecular weight excluding hydrogens is 584 g/mol. The van der Waals surface area contributed by atoms with Gasteiger partial charge in [0.05, 0.1) is 43.5 Å². The number of methoxy groups -OCH3 is 1. The lowest BCUT2D eigenvalue weighted by atomic mass is 10.0. The number of nitrogen functional groups attached to an aromatic ring is 1. The van der Waals surface area contributed by atoms with E-state index in [2.05, 4.69) is 14.7 Å². The molecule has 1 saturated heterocycles. The van der Waals surface area contributed by atoms with Crippen molar-refractivity contribution in [3.05, 3.63) is 48.5 Å². The lowest BCUT2D eigenvalue weighted by molar-refractivity contribution is 0.122. The Morgan fingerprint density at radius 2 is 1.86 bits per heavy atom. The second-order valence-electron chi connectivity index (χ2n) is 9.64. The van der Waals surface area contributed by atoms with Crippen molar-refractivity contribution in [3.63, 3.8) is 0 Å². The van der Waals surface area contributed by atoms with Crippen LogP contribution in [0.4, 0.5) is 26.2 Å². The minimum atomic E-state index is -3.96. The van der Waals surface area contributed by atoms with Crippen molar-refractivity contribution in [1.82, 2.24) is 19.9 Å². The first-order valence-corrected chi connectivity index (χ1v) is 15.2. The summed E-state index contributed by atoms with van der Waals surface area (Å²) in [6.45, 7) is 1.76. The number of anilines is 3. The van der Waals surface area contributed by atoms with Crippen LogP contribution in [0.1, 0.15) is 6.42 Å². The maximum Gasteiger partial charge on any atom is 0.232 e. The molecule has 2 aromatic carbocycles. The van der Waals surface area contributed by atoms with Crippen LogP contribution in [0.25, 0.3) is 33.4 Å². The number of hydrogen-bond donors (Lipinski definition) is 2. The molecule has 1 aliphatic rings. The summed E-state index contributed by atoms with van der Waals surface area (Å²) in [5.41, 5.74) is 6.96. The number of halogens is 2. The molecule has 4 aromatic rings. The summed E-state index contributed by atoms with van der Waals surface area (Å²) in [6.07, 6.45) is 2.86. The molecule has 0 saturated carbocycles. The van der Waals surface area contributed by atoms with Crippen LogP contribution >= 0.6 is 0 Å². The topological polar surface area (TPSA) is 155 Å². The molecule has 3 heterocycles. The zero-order chi connectivity index (χ0) is 30.4. The predicted octanol–water partition coefficient (Wildman–Crippen LogP) is 3.44. The van der Waals surface area contributed by atoms with Gasteiger partial charge in [0.15, 0.2) is 11.6 Å². The van der Waals surface area contributed by atoms with Crippen LogP contribution in [0.5, 0.6) is 5.75 Å². The molecule has 0 aliphatic carbocycles. The minimum absolute atomic E-state index is 0.111. The number of rotatable bonds is 12. The van der Waals surface area contributed by atoms with Gasteiger partial charge in [-0.25, -0.2) is 32.7 Å². The molecular formula is C28H31F2N7O5S. The molecule has 3 N–H and O–H groups in total. The van der Waals surface area contributed by atoms with E-state index in [1.54, 1.807) is 19.2 Å². The Kier molecular flexibility index (Phi) is 9.43. The number of morpholine rings is 1. The van der Waals surface area contributed by atoms with Crippen LogP contribution in [-0.2, 0) is 19.5 Å². The van der Waals surface area contributed by atoms with Crippen LogP contribution in [0.15, 0.2) is 42.7 Å². The molecule has 0 bridgehead atoms. The normalized spacial score (nSPS) is 13.8. The fraction of sp³-hybridized carbons (Fsp3) is 0.357. The summed E-state index contributed by atoms with van der Waals surface area (Å²) < 4.78 is 72.3. The van der Waals surface area contributed by atoms with Crippen molar-refractivity contribution in [2.24, 2.45) is 0 Å². The summed E-state index contributed by atoms with van der Waals surface area (Å²) in [5.74, 6) is 0.101. The van der Waals surface area contributed by atoms with E-state index < -0.39 is 28.3 Å². The number of benzene rings is 2. The van der Waals surface area contributed by atoms with Crippen molar-refractivity contribution in [2.75, 3.05) is 74.4 Å². The average Bonchev–Trinajstić information content (AvgIpc) is 3.01. The third-order valence-corrected chi connectivity index (χ3v) is 8.01. The van der Waals surface area contributed by atoms with E-state index in [0.29, 0.717) is 65.7 Å². The van der Waals surface area contributed by atoms with Gasteiger partial charge in [-0.15, -0.1) is 0 Å². The zero-order valence-electron chi connectivity index (χ0n) is 23.4. The van der Waals surface area contributed by atoms with Gasteiger partial charge in [0.1, 0.15) is 23.7 Å². The van der Waals surface area contributed by atoms with Gasteiger partial charge in [0.25, 0.3) is 0 Å². The van der Waals surface area contributed by atoms with Crippen LogP contribution < -0.4 is 20.1 Å². The Labute approximate surface area is 247 Å². The first-order chi connectivity index (χ1) is 20.8. The largest absolute Gasteiger partial charge is 0.489 e. The lowest BCUT2D eigenvalue weighted by Crippen LogP contribution is -2.37. The van der Waals surface area contributed by atoms with Gasteiger partial charge in [-0.05, 0) is 30.2 Å². The Morgan fingerprint density at radius 1 is 1.09 bits per heavy atom. The molecule has 43 heavy (non-hydrogen) atoms. The third kappa shape index (κ3) is 7.06. The van der Waals surface area contributed by atoms with Gasteiger partial charge in [-0.2, -0.15) is 0 Å². The number of aromatic nitrogens is 4. The van der Waals surface area contributed by atoms with Crippen LogP contribution in [0.3, 0.4) is 0 Å². The number of alkyl halides is 1. The van der Waals surface area contributed by atoms with E-state index in [1.165, 1.54) is 30.6 Å². The van der Waals surface area contributed by atoms with E-state index in [-0.39, 0.29) is 36.8 Å². The fourth-order valence-corrected chi connectivity index (χ4v) is 5.67. The number of sulfonamides is 1. The number of nitrogens with one attached hydrogen (secondary N) is 1. The first-order valence-electron chi connectivity index (χ1n) is 13.5. The number of nitrogens with two attached hydrogens (primary N) is 1. The highest BCUT2D eigenvalue weighted by molar-refractivity contribution is 7.92. The Balaban J connectivity index is 1.68. The molecule has 5 rings (SSSR count). The number of fused-ring (bicyclic) bond motifs is 1. The van der Waals surface area contributed by atoms with Gasteiger partial charge in [-0.3, -0.25) is 9.11 Å². The van der Waals surface area contributed by atoms with Crippen molar-refractivity contribution in [1.29, 1.82) is 0 Å². The molecule has 0 amide bonds. The number of nitrogens with zero attached hydrogens (tertiary/aromatic N) is 5. The standard InChI is InChI=1S/C28H31F2N7O5S/c1-40-11-12-42-23-15-18(20-4-2-5-22(24(20)30)36-43(38,39)13-3-6-29)14-21-25(23)34-26(19-16-32-28(31)33-17-19)35-27(21)37-7-9-41-10-8-37/h2,4-5,14-17,36H,3,6-13H2,1H3,(H2,31,32,33). The second kappa shape index (κ2) is 13.4. The molecule has 1 aliphatic heterocycles. The highest BCUT2D eigenvalue weighted by atomic mass is 32.2. The molecule has 228 valence electrons. The van der Waals surface area contributed by atoms with Crippen LogP contribution in [0, 0.1) is 5.82 Å². The molecule has 1 fully saturated rings. The summed E-state index contributed by atoms with van der Waals surface area (Å²) in [7, 11) is -2.41. The van der Waals surface area contributed by atoms with E-state index in [1.807, 2.05) is 4.90 Å². The molecule has 0 unspecified atom stereocenters. The summed E-state index contributed by atoms with van der Waals surface area (Å²) in [5, 5.41) is 0.584. The SMILES string of the molecule is COCCOc1cc(-c2cccc(NS(=O)(=O)CCCF)c2F)cc2c(N3CCOCC3)nc(-c3cnc(N)nc3)nc12. The highest BCUT2D eigenvalue weighted by Gasteiger charge is 2.23. The number of ether oxygens (including phenoxy) is 3. The van der Waals surface area contributed by atoms with Crippen molar-refractivity contribution in [3.8, 4) is 28.3 Å². The predicted molar refractivity (Wildman–Crippen MR) is 159 cm³/mol. The fourth-order valence-electron chi connectivity index (χ4n) is 4.58. The average molecular weight is 616 g/mol. The van der Waals surface area contributed by atoms with Crippen molar-refractivity contribution >= 4 is 38.4 Å². The van der Waals surface area contributed by atoms with Gasteiger partial charge in [0, 0.05) is 43.5 Å². The molecule has 0 spiro atoms. The number of hydrogen-bond acceptors (Lipinski definition) is 11. The minimum Gasteiger partial charge on any atom is -0.489 e. The van der Waals surface area contributed by atoms with E-state index in [4.69, 9.17) is 29.9 Å². The molecule has 15 heteroatoms. The van der Waals surface area contributed by atoms with Crippen molar-refractivity contribution < 1.29 is 31.4 Å². The molecule has 0 radical (unpaired) electrons. The second-order valence-corrected chi connectivity index (χ2v) is 11.5. The van der Waals surface area contributed by atoms with Gasteiger partial charge >= 0.3 is 0 Å². The van der Waals surface area contributed by atoms with Crippen molar-refractivity contribution in [2.45, 2.75) is 6.42 Å². The Hall–Kier alpha value is -4.21. The molecule has 0 atom stereocenters. The maximum atomic E-state index is 15.9. The summed E-state index contributed by atoms with van der Waals surface area (Å²) >= 11 is 0. The summed E-state index contributed by atoms with van der Waals surface area (Å²) in [4.78, 5) is 19.8. The summed E-state index contributed by atoms with van der Waals surface area (Å²) in [6, 6.07) is 7.75. The zero-order valence-corrected chi connectivity index (χ0v) is 24.2. The smallest absolute Gasteiger partial charge is 0.232 e. The lowest BCUT2D eigenvalue weighted by Gasteiger charge is -2.29. The monoisotopic (exact) mass is 615 g/mol. The quantitative estimate of drug-likeness (QED) is 0.225. The van der Waals surface area contributed by atoms with E-state index >= 15 is 4.39 Å². The van der Waals surface area contributed by atoms with Crippen LogP contribution in [0.2, 0.25) is 0 Å². The Bertz CT molecular complexity index is 1690.